The van der Waals surface area contributed by atoms with Crippen molar-refractivity contribution in [1.29, 1.82) is 0 Å². The lowest BCUT2D eigenvalue weighted by atomic mass is 10.1. The molecule has 1 unspecified atom stereocenters. The first kappa shape index (κ1) is 19.2. The molecule has 0 heterocycles. The molecule has 2 rings (SSSR count). The topological polar surface area (TPSA) is 58.6 Å². The maximum absolute atomic E-state index is 12.1. The third kappa shape index (κ3) is 6.35. The highest BCUT2D eigenvalue weighted by Gasteiger charge is 2.12. The van der Waals surface area contributed by atoms with Crippen LogP contribution in [0.1, 0.15) is 31.7 Å². The molecule has 2 aromatic carbocycles. The largest absolute Gasteiger partial charge is 0.508 e. The van der Waals surface area contributed by atoms with Gasteiger partial charge in [-0.1, -0.05) is 25.1 Å². The van der Waals surface area contributed by atoms with E-state index in [4.69, 9.17) is 4.74 Å². The normalized spacial score (nSPS) is 11.8. The van der Waals surface area contributed by atoms with Crippen molar-refractivity contribution in [3.63, 3.8) is 0 Å². The summed E-state index contributed by atoms with van der Waals surface area (Å²) >= 11 is 1.75. The molecule has 0 saturated heterocycles. The number of carbonyl (C=O) groups excluding carboxylic acids is 1. The summed E-state index contributed by atoms with van der Waals surface area (Å²) < 4.78 is 5.30. The number of hydrogen-bond acceptors (Lipinski definition) is 4. The Morgan fingerprint density at radius 2 is 1.92 bits per heavy atom. The van der Waals surface area contributed by atoms with Crippen LogP contribution in [0.2, 0.25) is 0 Å². The van der Waals surface area contributed by atoms with E-state index in [0.29, 0.717) is 18.2 Å². The molecule has 25 heavy (non-hydrogen) atoms. The molecule has 0 aliphatic heterocycles. The molecule has 0 saturated carbocycles. The molecule has 0 spiro atoms. The zero-order valence-electron chi connectivity index (χ0n) is 14.7. The van der Waals surface area contributed by atoms with Crippen molar-refractivity contribution < 1.29 is 14.6 Å². The summed E-state index contributed by atoms with van der Waals surface area (Å²) in [5, 5.41) is 12.7. The molecule has 0 aromatic heterocycles. The van der Waals surface area contributed by atoms with Gasteiger partial charge in [0, 0.05) is 28.7 Å². The number of thioether (sulfide) groups is 1. The lowest BCUT2D eigenvalue weighted by Gasteiger charge is -2.15. The third-order valence-corrected chi connectivity index (χ3v) is 5.40. The second kappa shape index (κ2) is 9.99. The van der Waals surface area contributed by atoms with Crippen molar-refractivity contribution in [2.45, 2.75) is 42.9 Å². The minimum Gasteiger partial charge on any atom is -0.508 e. The monoisotopic (exact) mass is 359 g/mol. The highest BCUT2D eigenvalue weighted by molar-refractivity contribution is 8.00. The van der Waals surface area contributed by atoms with Crippen LogP contribution in [0.4, 0.5) is 0 Å². The van der Waals surface area contributed by atoms with Crippen LogP contribution in [0, 0.1) is 0 Å². The third-order valence-electron chi connectivity index (χ3n) is 3.96. The van der Waals surface area contributed by atoms with E-state index in [1.165, 1.54) is 0 Å². The first-order chi connectivity index (χ1) is 12.1. The highest BCUT2D eigenvalue weighted by Crippen LogP contribution is 2.29. The predicted octanol–water partition coefficient (Wildman–Crippen LogP) is 4.37. The molecule has 5 heteroatoms. The Morgan fingerprint density at radius 1 is 1.20 bits per heavy atom. The molecule has 4 nitrogen and oxygen atoms in total. The number of amides is 1. The number of phenolic OH excluding ortho intramolecular Hbond substituents is 1. The summed E-state index contributed by atoms with van der Waals surface area (Å²) in [7, 11) is 1.63. The van der Waals surface area contributed by atoms with E-state index in [9.17, 15) is 9.90 Å². The fourth-order valence-electron chi connectivity index (χ4n) is 2.49. The fraction of sp³-hybridized carbons (Fsp3) is 0.350. The molecule has 0 aliphatic carbocycles. The van der Waals surface area contributed by atoms with Crippen molar-refractivity contribution in [2.75, 3.05) is 7.11 Å². The summed E-state index contributed by atoms with van der Waals surface area (Å²) in [5.74, 6) is 1.11. The highest BCUT2D eigenvalue weighted by atomic mass is 32.2. The Hall–Kier alpha value is -2.14. The number of phenols is 1. The number of para-hydroxylation sites is 1. The number of rotatable bonds is 9. The van der Waals surface area contributed by atoms with Crippen LogP contribution in [-0.2, 0) is 11.3 Å². The smallest absolute Gasteiger partial charge is 0.220 e. The second-order valence-corrected chi connectivity index (χ2v) is 7.14. The van der Waals surface area contributed by atoms with Gasteiger partial charge in [0.05, 0.1) is 7.11 Å². The van der Waals surface area contributed by atoms with Gasteiger partial charge in [-0.3, -0.25) is 4.79 Å². The number of benzene rings is 2. The van der Waals surface area contributed by atoms with E-state index in [1.54, 1.807) is 31.0 Å². The molecule has 0 radical (unpaired) electrons. The Labute approximate surface area is 153 Å². The van der Waals surface area contributed by atoms with Gasteiger partial charge in [0.1, 0.15) is 11.5 Å². The van der Waals surface area contributed by atoms with E-state index in [0.717, 1.165) is 29.1 Å². The lowest BCUT2D eigenvalue weighted by Crippen LogP contribution is -2.23. The number of hydrogen-bond donors (Lipinski definition) is 2. The Kier molecular flexibility index (Phi) is 7.67. The first-order valence-corrected chi connectivity index (χ1v) is 9.34. The van der Waals surface area contributed by atoms with Crippen molar-refractivity contribution in [3.8, 4) is 11.5 Å². The molecule has 134 valence electrons. The van der Waals surface area contributed by atoms with Crippen LogP contribution in [-0.4, -0.2) is 23.4 Å². The lowest BCUT2D eigenvalue weighted by molar-refractivity contribution is -0.121. The van der Waals surface area contributed by atoms with Gasteiger partial charge in [-0.2, -0.15) is 0 Å². The van der Waals surface area contributed by atoms with Gasteiger partial charge in [-0.05, 0) is 43.2 Å². The van der Waals surface area contributed by atoms with Gasteiger partial charge >= 0.3 is 0 Å². The van der Waals surface area contributed by atoms with Crippen LogP contribution in [0.15, 0.2) is 53.4 Å². The van der Waals surface area contributed by atoms with Gasteiger partial charge in [0.2, 0.25) is 5.91 Å². The van der Waals surface area contributed by atoms with Gasteiger partial charge in [-0.25, -0.2) is 0 Å². The zero-order chi connectivity index (χ0) is 18.1. The molecule has 0 bridgehead atoms. The van der Waals surface area contributed by atoms with Gasteiger partial charge in [-0.15, -0.1) is 11.8 Å². The Balaban J connectivity index is 1.78. The van der Waals surface area contributed by atoms with Crippen LogP contribution in [0.25, 0.3) is 0 Å². The summed E-state index contributed by atoms with van der Waals surface area (Å²) in [4.78, 5) is 13.2. The first-order valence-electron chi connectivity index (χ1n) is 8.46. The summed E-state index contributed by atoms with van der Waals surface area (Å²) in [6.45, 7) is 2.61. The Bertz CT molecular complexity index is 673. The molecule has 1 amide bonds. The van der Waals surface area contributed by atoms with Crippen molar-refractivity contribution >= 4 is 17.7 Å². The summed E-state index contributed by atoms with van der Waals surface area (Å²) in [6.07, 6.45) is 2.31. The number of methoxy groups -OCH3 is 1. The molecular weight excluding hydrogens is 334 g/mol. The number of nitrogens with one attached hydrogen (secondary N) is 1. The zero-order valence-corrected chi connectivity index (χ0v) is 15.5. The van der Waals surface area contributed by atoms with Gasteiger partial charge in [0.25, 0.3) is 0 Å². The SMILES string of the molecule is CCC(CCC(=O)NCc1ccccc1OC)Sc1ccc(O)cc1. The van der Waals surface area contributed by atoms with E-state index < -0.39 is 0 Å². The van der Waals surface area contributed by atoms with E-state index in [1.807, 2.05) is 36.4 Å². The van der Waals surface area contributed by atoms with E-state index >= 15 is 0 Å². The average molecular weight is 359 g/mol. The maximum atomic E-state index is 12.1. The quantitative estimate of drug-likeness (QED) is 0.653. The van der Waals surface area contributed by atoms with Crippen LogP contribution in [0.3, 0.4) is 0 Å². The fourth-order valence-corrected chi connectivity index (χ4v) is 3.57. The summed E-state index contributed by atoms with van der Waals surface area (Å²) in [5.41, 5.74) is 0.976. The number of ether oxygens (including phenoxy) is 1. The van der Waals surface area contributed by atoms with Crippen LogP contribution < -0.4 is 10.1 Å². The summed E-state index contributed by atoms with van der Waals surface area (Å²) in [6, 6.07) is 14.9. The molecular formula is C20H25NO3S. The molecule has 2 N–H and O–H groups in total. The Morgan fingerprint density at radius 3 is 2.60 bits per heavy atom. The average Bonchev–Trinajstić information content (AvgIpc) is 2.65. The molecule has 0 fully saturated rings. The van der Waals surface area contributed by atoms with Gasteiger partial charge in [0.15, 0.2) is 0 Å². The number of aromatic hydroxyl groups is 1. The van der Waals surface area contributed by atoms with Crippen molar-refractivity contribution in [1.82, 2.24) is 5.32 Å². The van der Waals surface area contributed by atoms with Crippen LogP contribution in [0.5, 0.6) is 11.5 Å². The predicted molar refractivity (Wildman–Crippen MR) is 102 cm³/mol. The minimum absolute atomic E-state index is 0.0515. The van der Waals surface area contributed by atoms with Crippen molar-refractivity contribution in [2.24, 2.45) is 0 Å². The van der Waals surface area contributed by atoms with Crippen LogP contribution >= 0.6 is 11.8 Å². The van der Waals surface area contributed by atoms with Gasteiger partial charge < -0.3 is 15.2 Å². The number of carbonyl (C=O) groups is 1. The van der Waals surface area contributed by atoms with E-state index in [2.05, 4.69) is 12.2 Å². The second-order valence-electron chi connectivity index (χ2n) is 5.77. The molecule has 2 aromatic rings. The standard InChI is InChI=1S/C20H25NO3S/c1-3-17(25-18-10-8-16(22)9-11-18)12-13-20(23)21-14-15-6-4-5-7-19(15)24-2/h4-11,17,22H,3,12-14H2,1-2H3,(H,21,23). The minimum atomic E-state index is 0.0515. The van der Waals surface area contributed by atoms with E-state index in [-0.39, 0.29) is 11.7 Å². The maximum Gasteiger partial charge on any atom is 0.220 e. The van der Waals surface area contributed by atoms with Crippen molar-refractivity contribution in [3.05, 3.63) is 54.1 Å². The molecule has 0 aliphatic rings. The molecule has 1 atom stereocenters.